The van der Waals surface area contributed by atoms with Crippen LogP contribution in [0, 0.1) is 6.92 Å². The lowest BCUT2D eigenvalue weighted by Gasteiger charge is -2.26. The molecular formula is C21H24N4OS2. The summed E-state index contributed by atoms with van der Waals surface area (Å²) in [4.78, 5) is 25.5. The van der Waals surface area contributed by atoms with E-state index in [1.807, 2.05) is 29.7 Å². The minimum Gasteiger partial charge on any atom is -0.369 e. The largest absolute Gasteiger partial charge is 0.369 e. The SMILES string of the molecule is Cc1c(C(=O)N2CCSCC2)sc2ncnc(NCCCc3ccccc3)c12. The summed E-state index contributed by atoms with van der Waals surface area (Å²) in [5.41, 5.74) is 2.34. The quantitative estimate of drug-likeness (QED) is 0.614. The van der Waals surface area contributed by atoms with Crippen LogP contribution < -0.4 is 5.32 Å². The standard InChI is InChI=1S/C21H24N4OS2/c1-15-17-19(22-9-5-8-16-6-3-2-4-7-16)23-14-24-20(17)28-18(15)21(26)25-10-12-27-13-11-25/h2-4,6-7,14H,5,8-13H2,1H3,(H,22,23,24). The number of anilines is 1. The number of thioether (sulfide) groups is 1. The number of thiophene rings is 1. The van der Waals surface area contributed by atoms with Crippen molar-refractivity contribution in [2.45, 2.75) is 19.8 Å². The smallest absolute Gasteiger partial charge is 0.264 e. The number of nitrogens with zero attached hydrogens (tertiary/aromatic N) is 3. The first-order chi connectivity index (χ1) is 13.7. The first-order valence-corrected chi connectivity index (χ1v) is 11.6. The van der Waals surface area contributed by atoms with Gasteiger partial charge in [0.25, 0.3) is 5.91 Å². The molecule has 4 rings (SSSR count). The lowest BCUT2D eigenvalue weighted by molar-refractivity contribution is 0.0776. The molecule has 0 radical (unpaired) electrons. The highest BCUT2D eigenvalue weighted by molar-refractivity contribution is 7.99. The highest BCUT2D eigenvalue weighted by Crippen LogP contribution is 2.34. The zero-order valence-electron chi connectivity index (χ0n) is 16.0. The molecule has 5 nitrogen and oxygen atoms in total. The Morgan fingerprint density at radius 2 is 1.96 bits per heavy atom. The van der Waals surface area contributed by atoms with Crippen molar-refractivity contribution in [1.82, 2.24) is 14.9 Å². The van der Waals surface area contributed by atoms with Gasteiger partial charge in [-0.1, -0.05) is 30.3 Å². The molecule has 3 heterocycles. The zero-order chi connectivity index (χ0) is 19.3. The van der Waals surface area contributed by atoms with Crippen LogP contribution in [0.4, 0.5) is 5.82 Å². The van der Waals surface area contributed by atoms with Crippen molar-refractivity contribution in [3.63, 3.8) is 0 Å². The molecule has 3 aromatic rings. The molecule has 0 bridgehead atoms. The molecule has 28 heavy (non-hydrogen) atoms. The lowest BCUT2D eigenvalue weighted by atomic mass is 10.1. The summed E-state index contributed by atoms with van der Waals surface area (Å²) in [5.74, 6) is 3.00. The van der Waals surface area contributed by atoms with E-state index in [1.54, 1.807) is 6.33 Å². The van der Waals surface area contributed by atoms with Gasteiger partial charge in [-0.2, -0.15) is 11.8 Å². The molecule has 1 N–H and O–H groups in total. The van der Waals surface area contributed by atoms with E-state index < -0.39 is 0 Å². The van der Waals surface area contributed by atoms with Crippen molar-refractivity contribution in [3.8, 4) is 0 Å². The van der Waals surface area contributed by atoms with Crippen molar-refractivity contribution in [3.05, 3.63) is 52.7 Å². The topological polar surface area (TPSA) is 58.1 Å². The molecule has 1 aliphatic heterocycles. The average Bonchev–Trinajstić information content (AvgIpc) is 3.09. The second-order valence-electron chi connectivity index (χ2n) is 6.88. The van der Waals surface area contributed by atoms with E-state index in [-0.39, 0.29) is 5.91 Å². The van der Waals surface area contributed by atoms with Gasteiger partial charge in [0, 0.05) is 31.1 Å². The maximum Gasteiger partial charge on any atom is 0.264 e. The van der Waals surface area contributed by atoms with Gasteiger partial charge in [-0.3, -0.25) is 4.79 Å². The molecule has 0 atom stereocenters. The lowest BCUT2D eigenvalue weighted by Crippen LogP contribution is -2.37. The summed E-state index contributed by atoms with van der Waals surface area (Å²) in [6, 6.07) is 10.5. The summed E-state index contributed by atoms with van der Waals surface area (Å²) in [7, 11) is 0. The van der Waals surface area contributed by atoms with Crippen LogP contribution in [0.5, 0.6) is 0 Å². The van der Waals surface area contributed by atoms with E-state index in [0.717, 1.165) is 70.5 Å². The fraction of sp³-hybridized carbons (Fsp3) is 0.381. The molecule has 7 heteroatoms. The second-order valence-corrected chi connectivity index (χ2v) is 9.10. The number of benzene rings is 1. The molecule has 1 aliphatic rings. The Hall–Kier alpha value is -2.12. The summed E-state index contributed by atoms with van der Waals surface area (Å²) >= 11 is 3.40. The number of aromatic nitrogens is 2. The van der Waals surface area contributed by atoms with Crippen molar-refractivity contribution >= 4 is 45.0 Å². The number of nitrogens with one attached hydrogen (secondary N) is 1. The van der Waals surface area contributed by atoms with Gasteiger partial charge in [0.05, 0.1) is 10.3 Å². The van der Waals surface area contributed by atoms with E-state index >= 15 is 0 Å². The Morgan fingerprint density at radius 3 is 2.75 bits per heavy atom. The number of amides is 1. The van der Waals surface area contributed by atoms with Crippen molar-refractivity contribution in [2.24, 2.45) is 0 Å². The second kappa shape index (κ2) is 8.92. The van der Waals surface area contributed by atoms with Gasteiger partial charge in [-0.05, 0) is 30.9 Å². The summed E-state index contributed by atoms with van der Waals surface area (Å²) < 4.78 is 0. The Kier molecular flexibility index (Phi) is 6.12. The maximum atomic E-state index is 13.0. The Labute approximate surface area is 173 Å². The van der Waals surface area contributed by atoms with Crippen molar-refractivity contribution in [1.29, 1.82) is 0 Å². The zero-order valence-corrected chi connectivity index (χ0v) is 17.6. The first kappa shape index (κ1) is 19.2. The third-order valence-electron chi connectivity index (χ3n) is 5.00. The van der Waals surface area contributed by atoms with Crippen molar-refractivity contribution in [2.75, 3.05) is 36.5 Å². The molecule has 0 saturated carbocycles. The molecule has 0 unspecified atom stereocenters. The molecule has 1 amide bonds. The summed E-state index contributed by atoms with van der Waals surface area (Å²) in [6.45, 7) is 4.51. The van der Waals surface area contributed by atoms with Gasteiger partial charge in [0.2, 0.25) is 0 Å². The van der Waals surface area contributed by atoms with E-state index in [2.05, 4.69) is 39.6 Å². The van der Waals surface area contributed by atoms with Crippen LogP contribution in [0.25, 0.3) is 10.2 Å². The van der Waals surface area contributed by atoms with Crippen LogP contribution in [-0.2, 0) is 6.42 Å². The Morgan fingerprint density at radius 1 is 1.18 bits per heavy atom. The normalized spacial score (nSPS) is 14.4. The number of carbonyl (C=O) groups is 1. The molecular weight excluding hydrogens is 388 g/mol. The Balaban J connectivity index is 1.48. The Bertz CT molecular complexity index is 952. The van der Waals surface area contributed by atoms with Gasteiger partial charge < -0.3 is 10.2 Å². The van der Waals surface area contributed by atoms with Crippen LogP contribution in [0.3, 0.4) is 0 Å². The number of aryl methyl sites for hydroxylation is 2. The van der Waals surface area contributed by atoms with Crippen LogP contribution in [0.1, 0.15) is 27.2 Å². The van der Waals surface area contributed by atoms with Gasteiger partial charge in [-0.15, -0.1) is 11.3 Å². The maximum absolute atomic E-state index is 13.0. The fourth-order valence-electron chi connectivity index (χ4n) is 3.46. The highest BCUT2D eigenvalue weighted by atomic mass is 32.2. The molecule has 1 saturated heterocycles. The van der Waals surface area contributed by atoms with Gasteiger partial charge in [-0.25, -0.2) is 9.97 Å². The monoisotopic (exact) mass is 412 g/mol. The molecule has 0 spiro atoms. The number of hydrogen-bond acceptors (Lipinski definition) is 6. The predicted octanol–water partition coefficient (Wildman–Crippen LogP) is 4.23. The van der Waals surface area contributed by atoms with Crippen molar-refractivity contribution < 1.29 is 4.79 Å². The predicted molar refractivity (Wildman–Crippen MR) is 119 cm³/mol. The van der Waals surface area contributed by atoms with Crippen LogP contribution in [-0.4, -0.2) is 51.9 Å². The first-order valence-electron chi connectivity index (χ1n) is 9.63. The van der Waals surface area contributed by atoms with E-state index in [1.165, 1.54) is 16.9 Å². The molecule has 1 aromatic carbocycles. The minimum atomic E-state index is 0.135. The number of fused-ring (bicyclic) bond motifs is 1. The summed E-state index contributed by atoms with van der Waals surface area (Å²) in [5, 5.41) is 4.45. The van der Waals surface area contributed by atoms with Gasteiger partial charge >= 0.3 is 0 Å². The molecule has 1 fully saturated rings. The van der Waals surface area contributed by atoms with Gasteiger partial charge in [0.1, 0.15) is 17.0 Å². The third kappa shape index (κ3) is 4.15. The van der Waals surface area contributed by atoms with E-state index in [9.17, 15) is 4.79 Å². The number of carbonyl (C=O) groups excluding carboxylic acids is 1. The van der Waals surface area contributed by atoms with Gasteiger partial charge in [0.15, 0.2) is 0 Å². The molecule has 146 valence electrons. The van der Waals surface area contributed by atoms with Crippen LogP contribution in [0.15, 0.2) is 36.7 Å². The highest BCUT2D eigenvalue weighted by Gasteiger charge is 2.24. The number of hydrogen-bond donors (Lipinski definition) is 1. The van der Waals surface area contributed by atoms with Crippen LogP contribution >= 0.6 is 23.1 Å². The van der Waals surface area contributed by atoms with E-state index in [4.69, 9.17) is 0 Å². The third-order valence-corrected chi connectivity index (χ3v) is 7.13. The van der Waals surface area contributed by atoms with Crippen LogP contribution in [0.2, 0.25) is 0 Å². The van der Waals surface area contributed by atoms with E-state index in [0.29, 0.717) is 0 Å². The minimum absolute atomic E-state index is 0.135. The summed E-state index contributed by atoms with van der Waals surface area (Å²) in [6.07, 6.45) is 3.64. The number of rotatable bonds is 6. The molecule has 0 aliphatic carbocycles. The fourth-order valence-corrected chi connectivity index (χ4v) is 5.48. The average molecular weight is 413 g/mol. The molecule has 2 aromatic heterocycles.